The van der Waals surface area contributed by atoms with E-state index in [1.165, 1.54) is 50.0 Å². The van der Waals surface area contributed by atoms with E-state index in [1.54, 1.807) is 0 Å². The van der Waals surface area contributed by atoms with E-state index < -0.39 is 33.8 Å². The Morgan fingerprint density at radius 2 is 0.939 bits per heavy atom. The molecular formula is C44H66F4O. The summed E-state index contributed by atoms with van der Waals surface area (Å²) >= 11 is 0. The van der Waals surface area contributed by atoms with Gasteiger partial charge in [-0.2, -0.15) is 0 Å². The molecule has 6 rings (SSSR count). The second-order valence-corrected chi connectivity index (χ2v) is 17.5. The third kappa shape index (κ3) is 7.33. The van der Waals surface area contributed by atoms with Crippen LogP contribution < -0.4 is 0 Å². The molecule has 0 aromatic heterocycles. The van der Waals surface area contributed by atoms with Crippen LogP contribution in [0.25, 0.3) is 0 Å². The predicted molar refractivity (Wildman–Crippen MR) is 194 cm³/mol. The van der Waals surface area contributed by atoms with Gasteiger partial charge in [0.25, 0.3) is 0 Å². The second-order valence-electron chi connectivity index (χ2n) is 17.5. The molecule has 0 aliphatic heterocycles. The van der Waals surface area contributed by atoms with Gasteiger partial charge in [-0.05, 0) is 99.3 Å². The molecule has 0 unspecified atom stereocenters. The number of rotatable bonds is 12. The Bertz CT molecular complexity index is 1100. The second kappa shape index (κ2) is 16.1. The Morgan fingerprint density at radius 3 is 1.27 bits per heavy atom. The van der Waals surface area contributed by atoms with E-state index in [0.717, 1.165) is 127 Å². The first-order chi connectivity index (χ1) is 23.7. The number of alkyl halides is 2. The maximum absolute atomic E-state index is 17.1. The summed E-state index contributed by atoms with van der Waals surface area (Å²) in [4.78, 5) is 0. The molecule has 0 aromatic rings. The Balaban J connectivity index is 1.07. The number of allylic oxidation sites excluding steroid dienone is 4. The molecule has 1 nitrogen and oxygen atoms in total. The first-order valence-electron chi connectivity index (χ1n) is 20.8. The minimum absolute atomic E-state index is 0.195. The van der Waals surface area contributed by atoms with Gasteiger partial charge < -0.3 is 4.74 Å². The fourth-order valence-electron chi connectivity index (χ4n) is 12.1. The van der Waals surface area contributed by atoms with E-state index >= 15 is 17.6 Å². The van der Waals surface area contributed by atoms with Crippen molar-refractivity contribution in [1.29, 1.82) is 0 Å². The molecule has 0 amide bonds. The van der Waals surface area contributed by atoms with E-state index in [0.29, 0.717) is 0 Å². The Labute approximate surface area is 295 Å². The Kier molecular flexibility index (Phi) is 12.3. The zero-order valence-corrected chi connectivity index (χ0v) is 30.8. The summed E-state index contributed by atoms with van der Waals surface area (Å²) in [5, 5.41) is 0. The molecule has 4 saturated carbocycles. The van der Waals surface area contributed by atoms with Gasteiger partial charge in [0.15, 0.2) is 11.3 Å². The highest BCUT2D eigenvalue weighted by Gasteiger charge is 2.60. The van der Waals surface area contributed by atoms with Crippen molar-refractivity contribution in [1.82, 2.24) is 0 Å². The molecule has 0 aromatic carbocycles. The highest BCUT2D eigenvalue weighted by molar-refractivity contribution is 5.35. The molecule has 0 radical (unpaired) electrons. The Morgan fingerprint density at radius 1 is 0.571 bits per heavy atom. The molecule has 4 fully saturated rings. The lowest BCUT2D eigenvalue weighted by Gasteiger charge is -2.53. The molecule has 6 aliphatic carbocycles. The van der Waals surface area contributed by atoms with Crippen molar-refractivity contribution in [2.75, 3.05) is 13.2 Å². The van der Waals surface area contributed by atoms with Crippen LogP contribution in [0.15, 0.2) is 48.1 Å². The highest BCUT2D eigenvalue weighted by atomic mass is 19.2. The van der Waals surface area contributed by atoms with Gasteiger partial charge in [-0.15, -0.1) is 0 Å². The summed E-state index contributed by atoms with van der Waals surface area (Å²) in [6, 6.07) is 0. The standard InChI is InChI=1S/C44H66F4O/c1-3-11-33-13-17-37(18-14-33)41(23-7-5-8-24-41)43(47)27-21-35(29-39(43)45)31-49-32-36-22-28-44(48,40(46)30-36)42(25-9-6-10-26-42)38-19-15-34(12-4-2)16-20-38/h21-22,27-30,33-38H,3-20,23-26,31-32H2,1-2H3/t33?,34?,35-,36-,37?,38?,43-,44-/m1/s1. The van der Waals surface area contributed by atoms with Crippen LogP contribution in [0.4, 0.5) is 17.6 Å². The van der Waals surface area contributed by atoms with Gasteiger partial charge in [-0.25, -0.2) is 17.6 Å². The third-order valence-electron chi connectivity index (χ3n) is 14.8. The largest absolute Gasteiger partial charge is 0.380 e. The fourth-order valence-corrected chi connectivity index (χ4v) is 12.1. The van der Waals surface area contributed by atoms with Crippen molar-refractivity contribution in [2.45, 2.75) is 166 Å². The normalized spacial score (nSPS) is 39.3. The van der Waals surface area contributed by atoms with Crippen LogP contribution in [-0.2, 0) is 4.74 Å². The quantitative estimate of drug-likeness (QED) is 0.147. The van der Waals surface area contributed by atoms with Crippen LogP contribution in [-0.4, -0.2) is 24.6 Å². The van der Waals surface area contributed by atoms with E-state index in [4.69, 9.17) is 4.74 Å². The van der Waals surface area contributed by atoms with Crippen molar-refractivity contribution in [3.63, 3.8) is 0 Å². The minimum atomic E-state index is -2.06. The lowest BCUT2D eigenvalue weighted by atomic mass is 9.53. The SMILES string of the molecule is CCCC1CCC(C2([C@@]3(F)C=C[C@@H](COC[C@@H]4C=C[C@](F)(C5(C6CCC(CCC)CC6)CCCCC5)C(F)=C4)C=C3F)CCCCC2)CC1. The average molecular weight is 687 g/mol. The van der Waals surface area contributed by atoms with Gasteiger partial charge in [0.2, 0.25) is 0 Å². The summed E-state index contributed by atoms with van der Waals surface area (Å²) in [6.07, 6.45) is 32.1. The Hall–Kier alpha value is -1.36. The highest BCUT2D eigenvalue weighted by Crippen LogP contribution is 2.62. The third-order valence-corrected chi connectivity index (χ3v) is 14.8. The summed E-state index contributed by atoms with van der Waals surface area (Å²) in [7, 11) is 0. The van der Waals surface area contributed by atoms with Crippen molar-refractivity contribution >= 4 is 0 Å². The zero-order valence-electron chi connectivity index (χ0n) is 30.8. The maximum atomic E-state index is 17.1. The van der Waals surface area contributed by atoms with Crippen LogP contribution in [0.1, 0.15) is 155 Å². The van der Waals surface area contributed by atoms with Crippen LogP contribution in [0.3, 0.4) is 0 Å². The van der Waals surface area contributed by atoms with Crippen LogP contribution in [0.5, 0.6) is 0 Å². The van der Waals surface area contributed by atoms with E-state index in [2.05, 4.69) is 13.8 Å². The molecule has 0 heterocycles. The summed E-state index contributed by atoms with van der Waals surface area (Å²) < 4.78 is 72.5. The first-order valence-corrected chi connectivity index (χ1v) is 20.8. The van der Waals surface area contributed by atoms with Gasteiger partial charge >= 0.3 is 0 Å². The van der Waals surface area contributed by atoms with Crippen LogP contribution in [0, 0.1) is 46.3 Å². The lowest BCUT2D eigenvalue weighted by Crippen LogP contribution is -2.52. The fraction of sp³-hybridized carbons (Fsp3) is 0.818. The maximum Gasteiger partial charge on any atom is 0.185 e. The molecule has 5 heteroatoms. The number of hydrogen-bond acceptors (Lipinski definition) is 1. The summed E-state index contributed by atoms with van der Waals surface area (Å²) in [6.45, 7) is 4.86. The van der Waals surface area contributed by atoms with Gasteiger partial charge in [0, 0.05) is 22.7 Å². The molecule has 0 bridgehead atoms. The van der Waals surface area contributed by atoms with Crippen LogP contribution in [0.2, 0.25) is 0 Å². The monoisotopic (exact) mass is 687 g/mol. The predicted octanol–water partition coefficient (Wildman–Crippen LogP) is 13.6. The molecule has 0 saturated heterocycles. The zero-order chi connectivity index (χ0) is 34.5. The molecular weight excluding hydrogens is 620 g/mol. The number of ether oxygens (including phenoxy) is 1. The van der Waals surface area contributed by atoms with Gasteiger partial charge in [0.05, 0.1) is 13.2 Å². The van der Waals surface area contributed by atoms with Crippen molar-refractivity contribution in [3.8, 4) is 0 Å². The topological polar surface area (TPSA) is 9.23 Å². The molecule has 0 N–H and O–H groups in total. The van der Waals surface area contributed by atoms with E-state index in [1.807, 2.05) is 12.2 Å². The van der Waals surface area contributed by atoms with E-state index in [-0.39, 0.29) is 36.9 Å². The van der Waals surface area contributed by atoms with Crippen molar-refractivity contribution in [2.24, 2.45) is 46.3 Å². The van der Waals surface area contributed by atoms with Crippen molar-refractivity contribution < 1.29 is 22.3 Å². The van der Waals surface area contributed by atoms with Gasteiger partial charge in [0.1, 0.15) is 11.7 Å². The molecule has 49 heavy (non-hydrogen) atoms. The smallest absolute Gasteiger partial charge is 0.185 e. The summed E-state index contributed by atoms with van der Waals surface area (Å²) in [5.41, 5.74) is -5.44. The average Bonchev–Trinajstić information content (AvgIpc) is 3.13. The van der Waals surface area contributed by atoms with Crippen molar-refractivity contribution in [3.05, 3.63) is 48.1 Å². The van der Waals surface area contributed by atoms with Crippen LogP contribution >= 0.6 is 0 Å². The molecule has 0 spiro atoms. The molecule has 4 atom stereocenters. The van der Waals surface area contributed by atoms with Gasteiger partial charge in [-0.3, -0.25) is 0 Å². The minimum Gasteiger partial charge on any atom is -0.380 e. The molecule has 6 aliphatic rings. The number of halogens is 4. The summed E-state index contributed by atoms with van der Waals surface area (Å²) in [5.74, 6) is -0.147. The number of hydrogen-bond donors (Lipinski definition) is 0. The first kappa shape index (κ1) is 37.4. The van der Waals surface area contributed by atoms with Gasteiger partial charge in [-0.1, -0.05) is 116 Å². The molecule has 276 valence electrons. The van der Waals surface area contributed by atoms with E-state index in [9.17, 15) is 0 Å². The lowest BCUT2D eigenvalue weighted by molar-refractivity contribution is -0.0590.